The molecule has 0 amide bonds. The summed E-state index contributed by atoms with van der Waals surface area (Å²) in [6.07, 6.45) is 2.56. The zero-order valence-corrected chi connectivity index (χ0v) is 10.9. The lowest BCUT2D eigenvalue weighted by atomic mass is 10.1. The fourth-order valence-corrected chi connectivity index (χ4v) is 2.32. The summed E-state index contributed by atoms with van der Waals surface area (Å²) in [5.41, 5.74) is 1.89. The molecule has 1 heterocycles. The standard InChI is InChI=1S/C16H14F2N2/c17-12-9-13(18)16-14(10-12)19-15(20-16)8-4-7-11-5-2-1-3-6-11/h1-3,5-6,9-10H,4,7-8H2,(H,19,20). The van der Waals surface area contributed by atoms with E-state index in [0.717, 1.165) is 18.9 Å². The number of imidazole rings is 1. The largest absolute Gasteiger partial charge is 0.342 e. The second-order valence-corrected chi connectivity index (χ2v) is 4.81. The van der Waals surface area contributed by atoms with Crippen LogP contribution in [-0.2, 0) is 12.8 Å². The van der Waals surface area contributed by atoms with E-state index in [1.807, 2.05) is 18.2 Å². The molecule has 3 rings (SSSR count). The lowest BCUT2D eigenvalue weighted by Crippen LogP contribution is -1.91. The molecule has 0 aliphatic carbocycles. The number of nitrogens with zero attached hydrogens (tertiary/aromatic N) is 1. The van der Waals surface area contributed by atoms with Gasteiger partial charge in [0.05, 0.1) is 5.52 Å². The summed E-state index contributed by atoms with van der Waals surface area (Å²) in [6.45, 7) is 0. The number of H-pyrrole nitrogens is 1. The molecule has 2 nitrogen and oxygen atoms in total. The van der Waals surface area contributed by atoms with E-state index in [0.29, 0.717) is 17.8 Å². The van der Waals surface area contributed by atoms with Gasteiger partial charge in [-0.15, -0.1) is 0 Å². The first-order valence-electron chi connectivity index (χ1n) is 6.60. The lowest BCUT2D eigenvalue weighted by Gasteiger charge is -1.99. The maximum Gasteiger partial charge on any atom is 0.153 e. The highest BCUT2D eigenvalue weighted by Gasteiger charge is 2.09. The zero-order chi connectivity index (χ0) is 13.9. The fourth-order valence-electron chi connectivity index (χ4n) is 2.32. The molecule has 20 heavy (non-hydrogen) atoms. The van der Waals surface area contributed by atoms with Crippen molar-refractivity contribution in [3.05, 3.63) is 65.5 Å². The maximum atomic E-state index is 13.5. The Labute approximate surface area is 115 Å². The minimum atomic E-state index is -0.620. The molecule has 0 atom stereocenters. The monoisotopic (exact) mass is 272 g/mol. The van der Waals surface area contributed by atoms with Gasteiger partial charge in [-0.05, 0) is 24.5 Å². The van der Waals surface area contributed by atoms with Crippen LogP contribution in [0.15, 0.2) is 42.5 Å². The molecule has 4 heteroatoms. The summed E-state index contributed by atoms with van der Waals surface area (Å²) < 4.78 is 26.6. The molecule has 0 saturated carbocycles. The van der Waals surface area contributed by atoms with Gasteiger partial charge in [-0.1, -0.05) is 30.3 Å². The number of aromatic nitrogens is 2. The van der Waals surface area contributed by atoms with Gasteiger partial charge < -0.3 is 4.98 Å². The molecule has 2 aromatic carbocycles. The van der Waals surface area contributed by atoms with Crippen molar-refractivity contribution in [2.75, 3.05) is 0 Å². The van der Waals surface area contributed by atoms with Crippen LogP contribution in [0.5, 0.6) is 0 Å². The predicted molar refractivity (Wildman–Crippen MR) is 74.5 cm³/mol. The number of hydrogen-bond acceptors (Lipinski definition) is 1. The average molecular weight is 272 g/mol. The molecule has 0 aliphatic heterocycles. The van der Waals surface area contributed by atoms with Crippen molar-refractivity contribution >= 4 is 11.0 Å². The summed E-state index contributed by atoms with van der Waals surface area (Å²) >= 11 is 0. The highest BCUT2D eigenvalue weighted by Crippen LogP contribution is 2.18. The Kier molecular flexibility index (Phi) is 3.46. The van der Waals surface area contributed by atoms with Crippen molar-refractivity contribution in [1.29, 1.82) is 0 Å². The van der Waals surface area contributed by atoms with Gasteiger partial charge in [0, 0.05) is 12.5 Å². The van der Waals surface area contributed by atoms with Gasteiger partial charge in [0.1, 0.15) is 17.2 Å². The van der Waals surface area contributed by atoms with E-state index in [9.17, 15) is 8.78 Å². The SMILES string of the molecule is Fc1cc(F)c2nc(CCCc3ccccc3)[nH]c2c1. The molecule has 0 aliphatic rings. The molecule has 102 valence electrons. The molecule has 0 radical (unpaired) electrons. The van der Waals surface area contributed by atoms with Crippen LogP contribution in [0.1, 0.15) is 17.8 Å². The molecule has 1 aromatic heterocycles. The normalized spacial score (nSPS) is 11.1. The topological polar surface area (TPSA) is 28.7 Å². The Bertz CT molecular complexity index is 720. The zero-order valence-electron chi connectivity index (χ0n) is 10.9. The van der Waals surface area contributed by atoms with Crippen LogP contribution in [0.2, 0.25) is 0 Å². The van der Waals surface area contributed by atoms with Gasteiger partial charge in [0.15, 0.2) is 5.82 Å². The Morgan fingerprint density at radius 1 is 1.00 bits per heavy atom. The molecule has 0 fully saturated rings. The third kappa shape index (κ3) is 2.69. The summed E-state index contributed by atoms with van der Waals surface area (Å²) in [4.78, 5) is 7.16. The Balaban J connectivity index is 1.70. The summed E-state index contributed by atoms with van der Waals surface area (Å²) in [6, 6.07) is 12.3. The number of halogens is 2. The Hall–Kier alpha value is -2.23. The molecule has 0 unspecified atom stereocenters. The van der Waals surface area contributed by atoms with Gasteiger partial charge >= 0.3 is 0 Å². The molecule has 3 aromatic rings. The Morgan fingerprint density at radius 2 is 1.80 bits per heavy atom. The third-order valence-corrected chi connectivity index (χ3v) is 3.28. The molecule has 1 N–H and O–H groups in total. The Morgan fingerprint density at radius 3 is 2.60 bits per heavy atom. The molecular weight excluding hydrogens is 258 g/mol. The van der Waals surface area contributed by atoms with E-state index in [1.165, 1.54) is 11.6 Å². The van der Waals surface area contributed by atoms with Crippen LogP contribution in [0.25, 0.3) is 11.0 Å². The van der Waals surface area contributed by atoms with E-state index in [-0.39, 0.29) is 5.52 Å². The summed E-state index contributed by atoms with van der Waals surface area (Å²) in [5, 5.41) is 0. The van der Waals surface area contributed by atoms with E-state index in [1.54, 1.807) is 0 Å². The maximum absolute atomic E-state index is 13.5. The second-order valence-electron chi connectivity index (χ2n) is 4.81. The van der Waals surface area contributed by atoms with Crippen molar-refractivity contribution in [3.63, 3.8) is 0 Å². The number of rotatable bonds is 4. The van der Waals surface area contributed by atoms with E-state index >= 15 is 0 Å². The van der Waals surface area contributed by atoms with Gasteiger partial charge in [-0.25, -0.2) is 13.8 Å². The minimum absolute atomic E-state index is 0.209. The molecular formula is C16H14F2N2. The van der Waals surface area contributed by atoms with Crippen molar-refractivity contribution < 1.29 is 8.78 Å². The lowest BCUT2D eigenvalue weighted by molar-refractivity contribution is 0.590. The van der Waals surface area contributed by atoms with Crippen LogP contribution in [0, 0.1) is 11.6 Å². The van der Waals surface area contributed by atoms with Crippen molar-refractivity contribution in [3.8, 4) is 0 Å². The van der Waals surface area contributed by atoms with Crippen LogP contribution in [-0.4, -0.2) is 9.97 Å². The number of fused-ring (bicyclic) bond motifs is 1. The predicted octanol–water partition coefficient (Wildman–Crippen LogP) is 4.02. The second kappa shape index (κ2) is 5.41. The van der Waals surface area contributed by atoms with Gasteiger partial charge in [0.25, 0.3) is 0 Å². The van der Waals surface area contributed by atoms with Crippen molar-refractivity contribution in [2.45, 2.75) is 19.3 Å². The number of aromatic amines is 1. The van der Waals surface area contributed by atoms with Gasteiger partial charge in [0.2, 0.25) is 0 Å². The van der Waals surface area contributed by atoms with E-state index in [4.69, 9.17) is 0 Å². The number of hydrogen-bond donors (Lipinski definition) is 1. The van der Waals surface area contributed by atoms with Gasteiger partial charge in [-0.2, -0.15) is 0 Å². The smallest absolute Gasteiger partial charge is 0.153 e. The number of benzene rings is 2. The van der Waals surface area contributed by atoms with Crippen LogP contribution in [0.3, 0.4) is 0 Å². The van der Waals surface area contributed by atoms with Crippen molar-refractivity contribution in [2.24, 2.45) is 0 Å². The summed E-state index contributed by atoms with van der Waals surface area (Å²) in [5.74, 6) is -0.513. The van der Waals surface area contributed by atoms with Crippen LogP contribution >= 0.6 is 0 Å². The quantitative estimate of drug-likeness (QED) is 0.763. The first-order chi connectivity index (χ1) is 9.72. The highest BCUT2D eigenvalue weighted by atomic mass is 19.1. The van der Waals surface area contributed by atoms with E-state index in [2.05, 4.69) is 22.1 Å². The first-order valence-corrected chi connectivity index (χ1v) is 6.60. The number of nitrogens with one attached hydrogen (secondary N) is 1. The molecule has 0 bridgehead atoms. The van der Waals surface area contributed by atoms with Crippen LogP contribution < -0.4 is 0 Å². The minimum Gasteiger partial charge on any atom is -0.342 e. The molecule has 0 spiro atoms. The fraction of sp³-hybridized carbons (Fsp3) is 0.188. The highest BCUT2D eigenvalue weighted by molar-refractivity contribution is 5.75. The summed E-state index contributed by atoms with van der Waals surface area (Å²) in [7, 11) is 0. The van der Waals surface area contributed by atoms with E-state index < -0.39 is 11.6 Å². The first kappa shape index (κ1) is 12.8. The van der Waals surface area contributed by atoms with Crippen LogP contribution in [0.4, 0.5) is 8.78 Å². The van der Waals surface area contributed by atoms with Crippen molar-refractivity contribution in [1.82, 2.24) is 9.97 Å². The van der Waals surface area contributed by atoms with Gasteiger partial charge in [-0.3, -0.25) is 0 Å². The third-order valence-electron chi connectivity index (χ3n) is 3.28. The number of aryl methyl sites for hydroxylation is 2. The average Bonchev–Trinajstić information content (AvgIpc) is 2.83. The molecule has 0 saturated heterocycles.